The molecule has 0 spiro atoms. The molecule has 1 atom stereocenters. The molecule has 1 aromatic rings. The number of halogens is 1. The number of aryl methyl sites for hydroxylation is 1. The highest BCUT2D eigenvalue weighted by Crippen LogP contribution is 2.21. The molecule has 64 valence electrons. The zero-order valence-corrected chi connectivity index (χ0v) is 8.46. The Hall–Kier alpha value is -0.790. The molecular formula is C8H9BrN2O. The Morgan fingerprint density at radius 3 is 2.83 bits per heavy atom. The van der Waals surface area contributed by atoms with Crippen LogP contribution in [0.25, 0.3) is 0 Å². The first-order valence-electron chi connectivity index (χ1n) is 3.44. The summed E-state index contributed by atoms with van der Waals surface area (Å²) in [4.78, 5) is 0. The van der Waals surface area contributed by atoms with Gasteiger partial charge < -0.3 is 5.11 Å². The number of hydrogen-bond donors (Lipinski definition) is 1. The van der Waals surface area contributed by atoms with Crippen molar-refractivity contribution >= 4 is 15.9 Å². The molecule has 1 unspecified atom stereocenters. The second-order valence-corrected chi connectivity index (χ2v) is 3.15. The molecule has 4 heteroatoms. The molecule has 0 saturated carbocycles. The summed E-state index contributed by atoms with van der Waals surface area (Å²) in [5.41, 5.74) is 0.685. The van der Waals surface area contributed by atoms with E-state index in [0.717, 1.165) is 4.47 Å². The molecule has 0 fully saturated rings. The van der Waals surface area contributed by atoms with E-state index in [2.05, 4.69) is 32.9 Å². The third-order valence-electron chi connectivity index (χ3n) is 1.48. The minimum absolute atomic E-state index is 0.685. The zero-order valence-electron chi connectivity index (χ0n) is 6.87. The SMILES string of the molecule is CC#CC(O)c1c(Br)cnn1C. The summed E-state index contributed by atoms with van der Waals surface area (Å²) in [5, 5.41) is 13.5. The van der Waals surface area contributed by atoms with Crippen molar-refractivity contribution in [3.05, 3.63) is 16.4 Å². The van der Waals surface area contributed by atoms with Crippen molar-refractivity contribution in [1.82, 2.24) is 9.78 Å². The molecule has 0 amide bonds. The second-order valence-electron chi connectivity index (χ2n) is 2.30. The lowest BCUT2D eigenvalue weighted by atomic mass is 10.2. The first-order valence-corrected chi connectivity index (χ1v) is 4.24. The first-order chi connectivity index (χ1) is 5.66. The lowest BCUT2D eigenvalue weighted by Gasteiger charge is -2.04. The molecule has 0 saturated heterocycles. The number of nitrogens with zero attached hydrogens (tertiary/aromatic N) is 2. The van der Waals surface area contributed by atoms with Gasteiger partial charge in [0.15, 0.2) is 6.10 Å². The molecule has 3 nitrogen and oxygen atoms in total. The van der Waals surface area contributed by atoms with Crippen molar-refractivity contribution in [2.75, 3.05) is 0 Å². The molecule has 0 aliphatic carbocycles. The lowest BCUT2D eigenvalue weighted by Crippen LogP contribution is -2.03. The Kier molecular flexibility index (Phi) is 2.90. The average molecular weight is 229 g/mol. The van der Waals surface area contributed by atoms with E-state index in [4.69, 9.17) is 0 Å². The van der Waals surface area contributed by atoms with Crippen molar-refractivity contribution in [1.29, 1.82) is 0 Å². The predicted octanol–water partition coefficient (Wildman–Crippen LogP) is 1.24. The summed E-state index contributed by atoms with van der Waals surface area (Å²) in [5.74, 6) is 5.29. The third-order valence-corrected chi connectivity index (χ3v) is 2.09. The summed E-state index contributed by atoms with van der Waals surface area (Å²) < 4.78 is 2.37. The molecule has 0 radical (unpaired) electrons. The van der Waals surface area contributed by atoms with E-state index in [9.17, 15) is 5.11 Å². The van der Waals surface area contributed by atoms with Gasteiger partial charge in [0.1, 0.15) is 0 Å². The standard InChI is InChI=1S/C8H9BrN2O/c1-3-4-7(12)8-6(9)5-10-11(8)2/h5,7,12H,1-2H3. The lowest BCUT2D eigenvalue weighted by molar-refractivity contribution is 0.226. The first kappa shape index (κ1) is 9.30. The van der Waals surface area contributed by atoms with Crippen molar-refractivity contribution < 1.29 is 5.11 Å². The van der Waals surface area contributed by atoms with Gasteiger partial charge in [-0.2, -0.15) is 5.10 Å². The van der Waals surface area contributed by atoms with E-state index < -0.39 is 6.10 Å². The van der Waals surface area contributed by atoms with E-state index >= 15 is 0 Å². The summed E-state index contributed by atoms with van der Waals surface area (Å²) in [6.07, 6.45) is 0.868. The Bertz CT molecular complexity index is 315. The van der Waals surface area contributed by atoms with Gasteiger partial charge in [0.2, 0.25) is 0 Å². The van der Waals surface area contributed by atoms with Crippen LogP contribution in [-0.2, 0) is 7.05 Å². The fraction of sp³-hybridized carbons (Fsp3) is 0.375. The van der Waals surface area contributed by atoms with Crippen LogP contribution in [0.1, 0.15) is 18.7 Å². The number of aliphatic hydroxyl groups is 1. The maximum Gasteiger partial charge on any atom is 0.157 e. The van der Waals surface area contributed by atoms with Crippen molar-refractivity contribution in [2.45, 2.75) is 13.0 Å². The monoisotopic (exact) mass is 228 g/mol. The fourth-order valence-electron chi connectivity index (χ4n) is 0.933. The van der Waals surface area contributed by atoms with Gasteiger partial charge in [0, 0.05) is 7.05 Å². The Morgan fingerprint density at radius 1 is 1.75 bits per heavy atom. The highest BCUT2D eigenvalue weighted by molar-refractivity contribution is 9.10. The van der Waals surface area contributed by atoms with Crippen LogP contribution < -0.4 is 0 Å². The zero-order chi connectivity index (χ0) is 9.14. The molecule has 0 bridgehead atoms. The highest BCUT2D eigenvalue weighted by Gasteiger charge is 2.12. The predicted molar refractivity (Wildman–Crippen MR) is 49.3 cm³/mol. The summed E-state index contributed by atoms with van der Waals surface area (Å²) in [7, 11) is 1.76. The van der Waals surface area contributed by atoms with E-state index in [1.54, 1.807) is 24.9 Å². The molecule has 0 aromatic carbocycles. The van der Waals surface area contributed by atoms with Crippen LogP contribution in [0.2, 0.25) is 0 Å². The van der Waals surface area contributed by atoms with Crippen LogP contribution in [0.3, 0.4) is 0 Å². The number of aromatic nitrogens is 2. The molecule has 1 rings (SSSR count). The Balaban J connectivity index is 3.05. The summed E-state index contributed by atoms with van der Waals surface area (Å²) in [6.45, 7) is 1.69. The fourth-order valence-corrected chi connectivity index (χ4v) is 1.50. The Morgan fingerprint density at radius 2 is 2.42 bits per heavy atom. The number of hydrogen-bond acceptors (Lipinski definition) is 2. The van der Waals surface area contributed by atoms with Crippen LogP contribution in [0.4, 0.5) is 0 Å². The van der Waals surface area contributed by atoms with E-state index in [0.29, 0.717) is 5.69 Å². The minimum Gasteiger partial charge on any atom is -0.374 e. The van der Waals surface area contributed by atoms with Gasteiger partial charge in [-0.25, -0.2) is 0 Å². The maximum absolute atomic E-state index is 9.51. The topological polar surface area (TPSA) is 38.1 Å². The van der Waals surface area contributed by atoms with Gasteiger partial charge in [0.05, 0.1) is 16.4 Å². The van der Waals surface area contributed by atoms with Crippen LogP contribution in [0, 0.1) is 11.8 Å². The van der Waals surface area contributed by atoms with Gasteiger partial charge in [-0.05, 0) is 22.9 Å². The Labute approximate surface area is 79.5 Å². The number of rotatable bonds is 1. The van der Waals surface area contributed by atoms with Crippen LogP contribution in [-0.4, -0.2) is 14.9 Å². The van der Waals surface area contributed by atoms with Crippen LogP contribution in [0.5, 0.6) is 0 Å². The molecular weight excluding hydrogens is 220 g/mol. The normalized spacial score (nSPS) is 12.0. The van der Waals surface area contributed by atoms with Gasteiger partial charge in [-0.15, -0.1) is 5.92 Å². The van der Waals surface area contributed by atoms with Gasteiger partial charge in [-0.3, -0.25) is 4.68 Å². The van der Waals surface area contributed by atoms with Gasteiger partial charge in [-0.1, -0.05) is 5.92 Å². The molecule has 1 heterocycles. The molecule has 0 aliphatic rings. The molecule has 1 N–H and O–H groups in total. The van der Waals surface area contributed by atoms with Crippen LogP contribution in [0.15, 0.2) is 10.7 Å². The largest absolute Gasteiger partial charge is 0.374 e. The van der Waals surface area contributed by atoms with Crippen molar-refractivity contribution in [2.24, 2.45) is 7.05 Å². The van der Waals surface area contributed by atoms with Crippen molar-refractivity contribution in [3.8, 4) is 11.8 Å². The molecule has 12 heavy (non-hydrogen) atoms. The smallest absolute Gasteiger partial charge is 0.157 e. The summed E-state index contributed by atoms with van der Waals surface area (Å²) in [6, 6.07) is 0. The molecule has 0 aliphatic heterocycles. The number of aliphatic hydroxyl groups excluding tert-OH is 1. The maximum atomic E-state index is 9.51. The minimum atomic E-state index is -0.767. The van der Waals surface area contributed by atoms with E-state index in [1.807, 2.05) is 0 Å². The highest BCUT2D eigenvalue weighted by atomic mass is 79.9. The molecule has 1 aromatic heterocycles. The van der Waals surface area contributed by atoms with Gasteiger partial charge in [0.25, 0.3) is 0 Å². The van der Waals surface area contributed by atoms with E-state index in [1.165, 1.54) is 0 Å². The van der Waals surface area contributed by atoms with Gasteiger partial charge >= 0.3 is 0 Å². The third kappa shape index (κ3) is 1.68. The quantitative estimate of drug-likeness (QED) is 0.735. The van der Waals surface area contributed by atoms with E-state index in [-0.39, 0.29) is 0 Å². The average Bonchev–Trinajstić information content (AvgIpc) is 2.32. The van der Waals surface area contributed by atoms with Crippen LogP contribution >= 0.6 is 15.9 Å². The van der Waals surface area contributed by atoms with Crippen molar-refractivity contribution in [3.63, 3.8) is 0 Å². The summed E-state index contributed by atoms with van der Waals surface area (Å²) >= 11 is 3.28. The second kappa shape index (κ2) is 3.74.